The summed E-state index contributed by atoms with van der Waals surface area (Å²) in [5, 5.41) is 9.50. The maximum atomic E-state index is 14.5. The first-order chi connectivity index (χ1) is 12.6. The molecule has 0 fully saturated rings. The van der Waals surface area contributed by atoms with Gasteiger partial charge in [-0.05, 0) is 24.6 Å². The van der Waals surface area contributed by atoms with Gasteiger partial charge >= 0.3 is 0 Å². The lowest BCUT2D eigenvalue weighted by atomic mass is 9.98. The van der Waals surface area contributed by atoms with Crippen LogP contribution in [0.5, 0.6) is 0 Å². The molecule has 0 saturated heterocycles. The van der Waals surface area contributed by atoms with E-state index in [4.69, 9.17) is 9.52 Å². The Morgan fingerprint density at radius 2 is 1.81 bits per heavy atom. The van der Waals surface area contributed by atoms with Gasteiger partial charge in [0.1, 0.15) is 11.4 Å². The molecule has 26 heavy (non-hydrogen) atoms. The molecule has 0 aliphatic carbocycles. The van der Waals surface area contributed by atoms with Crippen LogP contribution >= 0.6 is 0 Å². The van der Waals surface area contributed by atoms with Gasteiger partial charge in [0.05, 0.1) is 17.0 Å². The van der Waals surface area contributed by atoms with Gasteiger partial charge in [-0.2, -0.15) is 0 Å². The van der Waals surface area contributed by atoms with E-state index in [0.717, 1.165) is 0 Å². The smallest absolute Gasteiger partial charge is 0.290 e. The van der Waals surface area contributed by atoms with Crippen molar-refractivity contribution in [1.29, 1.82) is 0 Å². The molecule has 6 heteroatoms. The normalized spacial score (nSPS) is 16.3. The van der Waals surface area contributed by atoms with Gasteiger partial charge in [0.2, 0.25) is 5.76 Å². The monoisotopic (exact) mass is 353 g/mol. The third kappa shape index (κ3) is 2.42. The Kier molecular flexibility index (Phi) is 4.05. The molecule has 1 aliphatic heterocycles. The van der Waals surface area contributed by atoms with E-state index >= 15 is 0 Å². The Labute approximate surface area is 148 Å². The number of amides is 1. The summed E-state index contributed by atoms with van der Waals surface area (Å²) in [4.78, 5) is 27.3. The number of hydrogen-bond acceptors (Lipinski definition) is 4. The Bertz CT molecular complexity index is 1060. The van der Waals surface area contributed by atoms with Crippen molar-refractivity contribution in [1.82, 2.24) is 4.90 Å². The molecule has 4 rings (SSSR count). The number of fused-ring (bicyclic) bond motifs is 2. The summed E-state index contributed by atoms with van der Waals surface area (Å²) in [6.07, 6.45) is 0.318. The number of carbonyl (C=O) groups excluding carboxylic acids is 1. The molecule has 2 heterocycles. The van der Waals surface area contributed by atoms with Crippen molar-refractivity contribution in [2.45, 2.75) is 12.5 Å². The van der Waals surface area contributed by atoms with E-state index in [2.05, 4.69) is 0 Å². The van der Waals surface area contributed by atoms with Crippen molar-refractivity contribution in [2.75, 3.05) is 13.2 Å². The van der Waals surface area contributed by atoms with Gasteiger partial charge in [0.15, 0.2) is 5.43 Å². The zero-order valence-electron chi connectivity index (χ0n) is 13.8. The van der Waals surface area contributed by atoms with Gasteiger partial charge < -0.3 is 14.4 Å². The fourth-order valence-electron chi connectivity index (χ4n) is 3.46. The lowest BCUT2D eigenvalue weighted by molar-refractivity contribution is 0.0714. The summed E-state index contributed by atoms with van der Waals surface area (Å²) in [6, 6.07) is 11.9. The molecule has 132 valence electrons. The van der Waals surface area contributed by atoms with Crippen LogP contribution in [0, 0.1) is 5.82 Å². The fourth-order valence-corrected chi connectivity index (χ4v) is 3.46. The number of aliphatic hydroxyl groups is 1. The number of benzene rings is 2. The van der Waals surface area contributed by atoms with E-state index < -0.39 is 17.8 Å². The van der Waals surface area contributed by atoms with Crippen LogP contribution in [0.3, 0.4) is 0 Å². The van der Waals surface area contributed by atoms with Crippen molar-refractivity contribution < 1.29 is 18.7 Å². The third-order valence-electron chi connectivity index (χ3n) is 4.63. The average molecular weight is 353 g/mol. The van der Waals surface area contributed by atoms with Crippen LogP contribution in [0.1, 0.15) is 34.1 Å². The second-order valence-electron chi connectivity index (χ2n) is 6.17. The number of aliphatic hydroxyl groups excluding tert-OH is 1. The highest BCUT2D eigenvalue weighted by Gasteiger charge is 2.43. The minimum Gasteiger partial charge on any atom is -0.450 e. The van der Waals surface area contributed by atoms with E-state index in [0.29, 0.717) is 17.4 Å². The number of rotatable bonds is 4. The van der Waals surface area contributed by atoms with Crippen LogP contribution in [-0.4, -0.2) is 29.1 Å². The molecule has 1 aromatic heterocycles. The number of para-hydroxylation sites is 1. The predicted octanol–water partition coefficient (Wildman–Crippen LogP) is 2.86. The van der Waals surface area contributed by atoms with Crippen molar-refractivity contribution >= 4 is 16.9 Å². The number of hydrogen-bond donors (Lipinski definition) is 1. The highest BCUT2D eigenvalue weighted by molar-refractivity contribution is 5.99. The summed E-state index contributed by atoms with van der Waals surface area (Å²) < 4.78 is 20.2. The summed E-state index contributed by atoms with van der Waals surface area (Å²) in [5.74, 6) is -1.02. The summed E-state index contributed by atoms with van der Waals surface area (Å²) in [5.41, 5.74) is 0.368. The van der Waals surface area contributed by atoms with Crippen molar-refractivity contribution in [3.8, 4) is 0 Å². The van der Waals surface area contributed by atoms with Gasteiger partial charge in [0, 0.05) is 18.7 Å². The Balaban J connectivity index is 2.00. The minimum absolute atomic E-state index is 0.0557. The second-order valence-corrected chi connectivity index (χ2v) is 6.17. The van der Waals surface area contributed by atoms with E-state index in [1.54, 1.807) is 42.5 Å². The molecular weight excluding hydrogens is 337 g/mol. The molecule has 5 nitrogen and oxygen atoms in total. The van der Waals surface area contributed by atoms with Crippen LogP contribution < -0.4 is 5.43 Å². The molecule has 0 bridgehead atoms. The summed E-state index contributed by atoms with van der Waals surface area (Å²) in [6.45, 7) is 0.0712. The predicted molar refractivity (Wildman–Crippen MR) is 93.5 cm³/mol. The molecule has 0 radical (unpaired) electrons. The topological polar surface area (TPSA) is 70.8 Å². The van der Waals surface area contributed by atoms with Crippen molar-refractivity contribution in [3.63, 3.8) is 0 Å². The van der Waals surface area contributed by atoms with Crippen LogP contribution in [0.25, 0.3) is 11.0 Å². The van der Waals surface area contributed by atoms with Crippen LogP contribution in [-0.2, 0) is 0 Å². The van der Waals surface area contributed by atoms with E-state index in [1.807, 2.05) is 0 Å². The van der Waals surface area contributed by atoms with Crippen molar-refractivity contribution in [2.24, 2.45) is 0 Å². The molecule has 0 saturated carbocycles. The SMILES string of the molecule is O=C1c2oc3ccccc3c(=O)c2C(c2ccccc2F)N1CCCO. The molecule has 0 spiro atoms. The quantitative estimate of drug-likeness (QED) is 0.783. The van der Waals surface area contributed by atoms with Crippen LogP contribution in [0.2, 0.25) is 0 Å². The number of nitrogens with zero attached hydrogens (tertiary/aromatic N) is 1. The standard InChI is InChI=1S/C20H16FNO4/c21-14-8-3-1-6-12(14)17-16-18(24)13-7-2-4-9-15(13)26-19(16)20(25)22(17)10-5-11-23/h1-4,6-9,17,23H,5,10-11H2. The van der Waals surface area contributed by atoms with Crippen LogP contribution in [0.4, 0.5) is 4.39 Å². The van der Waals surface area contributed by atoms with Gasteiger partial charge in [-0.3, -0.25) is 9.59 Å². The summed E-state index contributed by atoms with van der Waals surface area (Å²) >= 11 is 0. The Hall–Kier alpha value is -2.99. The first-order valence-corrected chi connectivity index (χ1v) is 8.35. The zero-order chi connectivity index (χ0) is 18.3. The zero-order valence-corrected chi connectivity index (χ0v) is 13.8. The van der Waals surface area contributed by atoms with Gasteiger partial charge in [-0.1, -0.05) is 30.3 Å². The molecular formula is C20H16FNO4. The van der Waals surface area contributed by atoms with Crippen molar-refractivity contribution in [3.05, 3.63) is 81.5 Å². The fraction of sp³-hybridized carbons (Fsp3) is 0.200. The molecule has 1 N–H and O–H groups in total. The van der Waals surface area contributed by atoms with Gasteiger partial charge in [-0.15, -0.1) is 0 Å². The Morgan fingerprint density at radius 1 is 1.08 bits per heavy atom. The van der Waals surface area contributed by atoms with E-state index in [1.165, 1.54) is 11.0 Å². The maximum Gasteiger partial charge on any atom is 0.290 e. The van der Waals surface area contributed by atoms with E-state index in [9.17, 15) is 14.0 Å². The largest absolute Gasteiger partial charge is 0.450 e. The third-order valence-corrected chi connectivity index (χ3v) is 4.63. The second kappa shape index (κ2) is 6.38. The number of halogens is 1. The minimum atomic E-state index is -0.869. The lowest BCUT2D eigenvalue weighted by Gasteiger charge is -2.25. The Morgan fingerprint density at radius 3 is 2.58 bits per heavy atom. The highest BCUT2D eigenvalue weighted by atomic mass is 19.1. The number of carbonyl (C=O) groups is 1. The first kappa shape index (κ1) is 16.5. The average Bonchev–Trinajstić information content (AvgIpc) is 2.93. The molecule has 2 aromatic carbocycles. The molecule has 1 unspecified atom stereocenters. The van der Waals surface area contributed by atoms with Gasteiger partial charge in [-0.25, -0.2) is 4.39 Å². The van der Waals surface area contributed by atoms with Crippen LogP contribution in [0.15, 0.2) is 57.7 Å². The van der Waals surface area contributed by atoms with E-state index in [-0.39, 0.29) is 35.5 Å². The highest BCUT2D eigenvalue weighted by Crippen LogP contribution is 2.38. The molecule has 3 aromatic rings. The lowest BCUT2D eigenvalue weighted by Crippen LogP contribution is -2.31. The van der Waals surface area contributed by atoms with Gasteiger partial charge in [0.25, 0.3) is 5.91 Å². The molecule has 1 atom stereocenters. The maximum absolute atomic E-state index is 14.5. The summed E-state index contributed by atoms with van der Waals surface area (Å²) in [7, 11) is 0. The molecule has 1 aliphatic rings. The first-order valence-electron chi connectivity index (χ1n) is 8.35. The molecule has 1 amide bonds.